The van der Waals surface area contributed by atoms with E-state index in [9.17, 15) is 18.0 Å². The van der Waals surface area contributed by atoms with E-state index < -0.39 is 10.0 Å². The van der Waals surface area contributed by atoms with E-state index in [2.05, 4.69) is 10.6 Å². The summed E-state index contributed by atoms with van der Waals surface area (Å²) in [6.45, 7) is 2.53. The number of benzene rings is 2. The van der Waals surface area contributed by atoms with Gasteiger partial charge in [0, 0.05) is 37.3 Å². The Balaban J connectivity index is 1.58. The molecule has 2 aromatic rings. The van der Waals surface area contributed by atoms with Crippen molar-refractivity contribution in [3.63, 3.8) is 0 Å². The number of hydrogen-bond donors (Lipinski definition) is 2. The van der Waals surface area contributed by atoms with Gasteiger partial charge in [0.25, 0.3) is 5.91 Å². The summed E-state index contributed by atoms with van der Waals surface area (Å²) in [5.41, 5.74) is 2.13. The number of carbonyl (C=O) groups excluding carboxylic acids is 2. The minimum absolute atomic E-state index is 0.134. The van der Waals surface area contributed by atoms with Gasteiger partial charge in [0.2, 0.25) is 15.9 Å². The first-order valence-electron chi connectivity index (χ1n) is 9.51. The van der Waals surface area contributed by atoms with Gasteiger partial charge in [0.05, 0.1) is 4.90 Å². The molecule has 1 aliphatic heterocycles. The summed E-state index contributed by atoms with van der Waals surface area (Å²) in [5.74, 6) is -0.576. The van der Waals surface area contributed by atoms with Crippen LogP contribution in [-0.4, -0.2) is 44.7 Å². The molecule has 3 rings (SSSR count). The largest absolute Gasteiger partial charge is 0.355 e. The molecule has 2 amide bonds. The standard InChI is InChI=1S/C21H25N3O4S/c1-15-3-9-19(10-4-15)29(27,28)24-13-11-17(12-14-24)21(26)23-18-7-5-16(6-8-18)20(25)22-2/h3-10,17H,11-14H2,1-2H3,(H,22,25)(H,23,26). The number of anilines is 1. The molecule has 0 radical (unpaired) electrons. The molecule has 0 aromatic heterocycles. The summed E-state index contributed by atoms with van der Waals surface area (Å²) in [6.07, 6.45) is 0.931. The zero-order valence-electron chi connectivity index (χ0n) is 16.5. The van der Waals surface area contributed by atoms with Crippen LogP contribution in [0.2, 0.25) is 0 Å². The minimum atomic E-state index is -3.54. The SMILES string of the molecule is CNC(=O)c1ccc(NC(=O)C2CCN(S(=O)(=O)c3ccc(C)cc3)CC2)cc1. The Labute approximate surface area is 171 Å². The molecule has 8 heteroatoms. The summed E-state index contributed by atoms with van der Waals surface area (Å²) in [4.78, 5) is 24.4. The van der Waals surface area contributed by atoms with Crippen LogP contribution in [-0.2, 0) is 14.8 Å². The first kappa shape index (κ1) is 21.0. The molecule has 1 heterocycles. The van der Waals surface area contributed by atoms with Crippen molar-refractivity contribution in [3.05, 3.63) is 59.7 Å². The van der Waals surface area contributed by atoms with E-state index in [1.54, 1.807) is 55.6 Å². The van der Waals surface area contributed by atoms with Gasteiger partial charge >= 0.3 is 0 Å². The quantitative estimate of drug-likeness (QED) is 0.784. The van der Waals surface area contributed by atoms with Gasteiger partial charge in [0.1, 0.15) is 0 Å². The molecule has 1 fully saturated rings. The number of aryl methyl sites for hydroxylation is 1. The number of hydrogen-bond acceptors (Lipinski definition) is 4. The van der Waals surface area contributed by atoms with Crippen LogP contribution in [0, 0.1) is 12.8 Å². The highest BCUT2D eigenvalue weighted by Crippen LogP contribution is 2.25. The van der Waals surface area contributed by atoms with Crippen molar-refractivity contribution in [2.24, 2.45) is 5.92 Å². The van der Waals surface area contributed by atoms with E-state index in [4.69, 9.17) is 0 Å². The van der Waals surface area contributed by atoms with E-state index in [-0.39, 0.29) is 22.6 Å². The van der Waals surface area contributed by atoms with Gasteiger partial charge in [-0.05, 0) is 56.2 Å². The van der Waals surface area contributed by atoms with Crippen molar-refractivity contribution >= 4 is 27.5 Å². The van der Waals surface area contributed by atoms with Gasteiger partial charge in [-0.3, -0.25) is 9.59 Å². The fraction of sp³-hybridized carbons (Fsp3) is 0.333. The zero-order chi connectivity index (χ0) is 21.0. The number of nitrogens with zero attached hydrogens (tertiary/aromatic N) is 1. The molecule has 1 saturated heterocycles. The summed E-state index contributed by atoms with van der Waals surface area (Å²) in [6, 6.07) is 13.4. The highest BCUT2D eigenvalue weighted by Gasteiger charge is 2.32. The van der Waals surface area contributed by atoms with Gasteiger partial charge in [-0.2, -0.15) is 4.31 Å². The van der Waals surface area contributed by atoms with Gasteiger partial charge in [-0.25, -0.2) is 8.42 Å². The fourth-order valence-electron chi connectivity index (χ4n) is 3.31. The smallest absolute Gasteiger partial charge is 0.251 e. The third-order valence-corrected chi connectivity index (χ3v) is 7.04. The maximum Gasteiger partial charge on any atom is 0.251 e. The summed E-state index contributed by atoms with van der Waals surface area (Å²) >= 11 is 0. The second-order valence-corrected chi connectivity index (χ2v) is 9.08. The molecule has 29 heavy (non-hydrogen) atoms. The second-order valence-electron chi connectivity index (χ2n) is 7.14. The number of nitrogens with one attached hydrogen (secondary N) is 2. The van der Waals surface area contributed by atoms with E-state index in [1.807, 2.05) is 6.92 Å². The first-order valence-corrected chi connectivity index (χ1v) is 10.9. The maximum atomic E-state index is 12.8. The Kier molecular flexibility index (Phi) is 6.34. The molecule has 154 valence electrons. The maximum absolute atomic E-state index is 12.8. The molecule has 0 saturated carbocycles. The fourth-order valence-corrected chi connectivity index (χ4v) is 4.78. The lowest BCUT2D eigenvalue weighted by Crippen LogP contribution is -2.41. The molecule has 2 N–H and O–H groups in total. The summed E-state index contributed by atoms with van der Waals surface area (Å²) < 4.78 is 27.0. The van der Waals surface area contributed by atoms with Crippen LogP contribution in [0.3, 0.4) is 0 Å². The number of piperidine rings is 1. The average Bonchev–Trinajstić information content (AvgIpc) is 2.74. The van der Waals surface area contributed by atoms with Crippen LogP contribution in [0.15, 0.2) is 53.4 Å². The Morgan fingerprint density at radius 3 is 2.10 bits per heavy atom. The monoisotopic (exact) mass is 415 g/mol. The molecule has 0 atom stereocenters. The minimum Gasteiger partial charge on any atom is -0.355 e. The molecule has 0 unspecified atom stereocenters. The van der Waals surface area contributed by atoms with E-state index in [0.29, 0.717) is 37.2 Å². The van der Waals surface area contributed by atoms with Gasteiger partial charge in [-0.15, -0.1) is 0 Å². The second kappa shape index (κ2) is 8.75. The van der Waals surface area contributed by atoms with Crippen molar-refractivity contribution in [2.45, 2.75) is 24.7 Å². The van der Waals surface area contributed by atoms with Crippen LogP contribution in [0.1, 0.15) is 28.8 Å². The van der Waals surface area contributed by atoms with Crippen LogP contribution in [0.4, 0.5) is 5.69 Å². The Morgan fingerprint density at radius 1 is 0.966 bits per heavy atom. The molecule has 1 aliphatic rings. The number of rotatable bonds is 5. The van der Waals surface area contributed by atoms with E-state index >= 15 is 0 Å². The molecule has 0 spiro atoms. The van der Waals surface area contributed by atoms with Crippen LogP contribution in [0.5, 0.6) is 0 Å². The lowest BCUT2D eigenvalue weighted by molar-refractivity contribution is -0.120. The number of amides is 2. The highest BCUT2D eigenvalue weighted by molar-refractivity contribution is 7.89. The lowest BCUT2D eigenvalue weighted by atomic mass is 9.97. The predicted molar refractivity (Wildman–Crippen MR) is 111 cm³/mol. The third kappa shape index (κ3) is 4.83. The van der Waals surface area contributed by atoms with Crippen molar-refractivity contribution in [3.8, 4) is 0 Å². The topological polar surface area (TPSA) is 95.6 Å². The van der Waals surface area contributed by atoms with Gasteiger partial charge < -0.3 is 10.6 Å². The summed E-state index contributed by atoms with van der Waals surface area (Å²) in [5, 5.41) is 5.39. The van der Waals surface area contributed by atoms with Crippen molar-refractivity contribution in [1.82, 2.24) is 9.62 Å². The van der Waals surface area contributed by atoms with Crippen molar-refractivity contribution in [1.29, 1.82) is 0 Å². The predicted octanol–water partition coefficient (Wildman–Crippen LogP) is 2.39. The Hall–Kier alpha value is -2.71. The normalized spacial score (nSPS) is 15.7. The first-order chi connectivity index (χ1) is 13.8. The van der Waals surface area contributed by atoms with E-state index in [1.165, 1.54) is 4.31 Å². The molecular weight excluding hydrogens is 390 g/mol. The molecular formula is C21H25N3O4S. The summed E-state index contributed by atoms with van der Waals surface area (Å²) in [7, 11) is -1.98. The Bertz CT molecular complexity index is 978. The lowest BCUT2D eigenvalue weighted by Gasteiger charge is -2.30. The molecule has 0 bridgehead atoms. The molecule has 0 aliphatic carbocycles. The zero-order valence-corrected chi connectivity index (χ0v) is 17.3. The number of carbonyl (C=O) groups is 2. The highest BCUT2D eigenvalue weighted by atomic mass is 32.2. The van der Waals surface area contributed by atoms with Crippen LogP contribution in [0.25, 0.3) is 0 Å². The van der Waals surface area contributed by atoms with Crippen LogP contribution >= 0.6 is 0 Å². The molecule has 2 aromatic carbocycles. The van der Waals surface area contributed by atoms with E-state index in [0.717, 1.165) is 5.56 Å². The number of sulfonamides is 1. The van der Waals surface area contributed by atoms with Gasteiger partial charge in [-0.1, -0.05) is 17.7 Å². The molecule has 7 nitrogen and oxygen atoms in total. The van der Waals surface area contributed by atoms with Crippen LogP contribution < -0.4 is 10.6 Å². The van der Waals surface area contributed by atoms with Crippen molar-refractivity contribution in [2.75, 3.05) is 25.5 Å². The third-order valence-electron chi connectivity index (χ3n) is 5.13. The Morgan fingerprint density at radius 2 is 1.55 bits per heavy atom. The van der Waals surface area contributed by atoms with Crippen molar-refractivity contribution < 1.29 is 18.0 Å². The van der Waals surface area contributed by atoms with Gasteiger partial charge in [0.15, 0.2) is 0 Å². The average molecular weight is 416 g/mol.